The molecule has 0 saturated heterocycles. The molecule has 0 radical (unpaired) electrons. The van der Waals surface area contributed by atoms with Crippen LogP contribution < -0.4 is 5.32 Å². The molecule has 0 fully saturated rings. The van der Waals surface area contributed by atoms with Crippen LogP contribution in [0.15, 0.2) is 41.0 Å². The van der Waals surface area contributed by atoms with Gasteiger partial charge in [0, 0.05) is 24.1 Å². The van der Waals surface area contributed by atoms with Crippen LogP contribution >= 0.6 is 0 Å². The molecule has 0 bridgehead atoms. The van der Waals surface area contributed by atoms with Gasteiger partial charge < -0.3 is 9.73 Å². The Hall–Kier alpha value is -2.63. The van der Waals surface area contributed by atoms with E-state index in [1.165, 1.54) is 12.1 Å². The third-order valence-corrected chi connectivity index (χ3v) is 4.40. The molecular weight excluding hydrogens is 308 g/mol. The Balaban J connectivity index is 1.68. The zero-order valence-corrected chi connectivity index (χ0v) is 13.7. The lowest BCUT2D eigenvalue weighted by Gasteiger charge is -2.34. The van der Waals surface area contributed by atoms with Gasteiger partial charge in [0.1, 0.15) is 5.76 Å². The maximum Gasteiger partial charge on any atom is 0.269 e. The number of hydrogen-bond donors (Lipinski definition) is 1. The molecule has 0 spiro atoms. The van der Waals surface area contributed by atoms with Gasteiger partial charge in [0.2, 0.25) is 5.91 Å². The molecule has 0 saturated carbocycles. The Morgan fingerprint density at radius 3 is 2.71 bits per heavy atom. The summed E-state index contributed by atoms with van der Waals surface area (Å²) in [6.07, 6.45) is 3.58. The number of furan rings is 1. The zero-order chi connectivity index (χ0) is 17.3. The first-order valence-corrected chi connectivity index (χ1v) is 7.93. The Morgan fingerprint density at radius 1 is 1.33 bits per heavy atom. The highest BCUT2D eigenvalue weighted by molar-refractivity contribution is 5.79. The van der Waals surface area contributed by atoms with Crippen LogP contribution in [0.1, 0.15) is 43.2 Å². The quantitative estimate of drug-likeness (QED) is 0.687. The average molecular weight is 328 g/mol. The van der Waals surface area contributed by atoms with Crippen molar-refractivity contribution >= 4 is 11.6 Å². The summed E-state index contributed by atoms with van der Waals surface area (Å²) in [5.41, 5.74) is 1.89. The third kappa shape index (κ3) is 3.48. The topological polar surface area (TPSA) is 85.4 Å². The van der Waals surface area contributed by atoms with Crippen molar-refractivity contribution in [1.29, 1.82) is 0 Å². The van der Waals surface area contributed by atoms with E-state index < -0.39 is 4.92 Å². The summed E-state index contributed by atoms with van der Waals surface area (Å²) >= 11 is 0. The molecule has 6 heteroatoms. The summed E-state index contributed by atoms with van der Waals surface area (Å²) in [5.74, 6) is 0.839. The van der Waals surface area contributed by atoms with Crippen molar-refractivity contribution in [1.82, 2.24) is 5.32 Å². The van der Waals surface area contributed by atoms with Crippen LogP contribution in [0.2, 0.25) is 0 Å². The average Bonchev–Trinajstić information content (AvgIpc) is 2.94. The number of nitrogens with zero attached hydrogens (tertiary/aromatic N) is 1. The van der Waals surface area contributed by atoms with Gasteiger partial charge in [-0.05, 0) is 23.5 Å². The number of nitro benzene ring substituents is 1. The summed E-state index contributed by atoms with van der Waals surface area (Å²) in [6.45, 7) is 4.32. The second-order valence-corrected chi connectivity index (χ2v) is 7.06. The monoisotopic (exact) mass is 328 g/mol. The third-order valence-electron chi connectivity index (χ3n) is 4.40. The highest BCUT2D eigenvalue weighted by atomic mass is 16.6. The number of hydrogen-bond acceptors (Lipinski definition) is 4. The van der Waals surface area contributed by atoms with Crippen molar-refractivity contribution in [3.63, 3.8) is 0 Å². The van der Waals surface area contributed by atoms with Gasteiger partial charge in [-0.1, -0.05) is 26.0 Å². The first-order chi connectivity index (χ1) is 11.3. The predicted octanol–water partition coefficient (Wildman–Crippen LogP) is 3.56. The molecule has 2 aromatic rings. The molecule has 3 rings (SSSR count). The number of nitro groups is 1. The summed E-state index contributed by atoms with van der Waals surface area (Å²) in [5, 5.41) is 13.7. The highest BCUT2D eigenvalue weighted by Crippen LogP contribution is 2.41. The Bertz CT molecular complexity index is 762. The van der Waals surface area contributed by atoms with Crippen molar-refractivity contribution in [3.8, 4) is 0 Å². The first-order valence-electron chi connectivity index (χ1n) is 7.93. The molecule has 1 unspecified atom stereocenters. The number of amides is 1. The van der Waals surface area contributed by atoms with E-state index in [9.17, 15) is 14.9 Å². The molecule has 1 heterocycles. The van der Waals surface area contributed by atoms with E-state index in [-0.39, 0.29) is 29.5 Å². The Morgan fingerprint density at radius 2 is 2.04 bits per heavy atom. The Kier molecular flexibility index (Phi) is 4.13. The molecule has 6 nitrogen and oxygen atoms in total. The SMILES string of the molecule is CC1(C)Cc2occc2C(NC(=O)Cc2ccc([N+](=O)[O-])cc2)C1. The normalized spacial score (nSPS) is 18.7. The van der Waals surface area contributed by atoms with Crippen LogP contribution in [0.4, 0.5) is 5.69 Å². The van der Waals surface area contributed by atoms with Crippen LogP contribution in [0.25, 0.3) is 0 Å². The van der Waals surface area contributed by atoms with Gasteiger partial charge in [-0.3, -0.25) is 14.9 Å². The van der Waals surface area contributed by atoms with Crippen LogP contribution in [-0.4, -0.2) is 10.8 Å². The Labute approximate surface area is 140 Å². The molecule has 0 aliphatic heterocycles. The second-order valence-electron chi connectivity index (χ2n) is 7.06. The van der Waals surface area contributed by atoms with Crippen LogP contribution in [0, 0.1) is 15.5 Å². The van der Waals surface area contributed by atoms with Gasteiger partial charge in [0.15, 0.2) is 0 Å². The molecule has 1 aromatic heterocycles. The van der Waals surface area contributed by atoms with E-state index in [4.69, 9.17) is 4.42 Å². The van der Waals surface area contributed by atoms with Gasteiger partial charge >= 0.3 is 0 Å². The molecule has 126 valence electrons. The smallest absolute Gasteiger partial charge is 0.269 e. The van der Waals surface area contributed by atoms with E-state index >= 15 is 0 Å². The van der Waals surface area contributed by atoms with Gasteiger partial charge in [-0.2, -0.15) is 0 Å². The number of carbonyl (C=O) groups excluding carboxylic acids is 1. The minimum absolute atomic E-state index is 0.0243. The van der Waals surface area contributed by atoms with E-state index in [1.54, 1.807) is 18.4 Å². The van der Waals surface area contributed by atoms with Gasteiger partial charge in [0.25, 0.3) is 5.69 Å². The number of carbonyl (C=O) groups is 1. The van der Waals surface area contributed by atoms with Gasteiger partial charge in [-0.25, -0.2) is 0 Å². The minimum Gasteiger partial charge on any atom is -0.469 e. The van der Waals surface area contributed by atoms with Crippen molar-refractivity contribution in [2.24, 2.45) is 5.41 Å². The van der Waals surface area contributed by atoms with Crippen molar-refractivity contribution in [3.05, 3.63) is 63.6 Å². The minimum atomic E-state index is -0.450. The molecule has 1 amide bonds. The fourth-order valence-corrected chi connectivity index (χ4v) is 3.27. The number of fused-ring (bicyclic) bond motifs is 1. The molecule has 24 heavy (non-hydrogen) atoms. The van der Waals surface area contributed by atoms with Gasteiger partial charge in [-0.15, -0.1) is 0 Å². The lowest BCUT2D eigenvalue weighted by Crippen LogP contribution is -2.36. The summed E-state index contributed by atoms with van der Waals surface area (Å²) in [6, 6.07) is 7.92. The molecule has 1 N–H and O–H groups in total. The largest absolute Gasteiger partial charge is 0.469 e. The molecule has 1 aromatic carbocycles. The van der Waals surface area contributed by atoms with E-state index in [0.717, 1.165) is 29.7 Å². The van der Waals surface area contributed by atoms with Crippen LogP contribution in [0.5, 0.6) is 0 Å². The zero-order valence-electron chi connectivity index (χ0n) is 13.7. The number of non-ortho nitro benzene ring substituents is 1. The number of benzene rings is 1. The van der Waals surface area contributed by atoms with Crippen molar-refractivity contribution in [2.75, 3.05) is 0 Å². The maximum absolute atomic E-state index is 12.4. The van der Waals surface area contributed by atoms with Crippen molar-refractivity contribution < 1.29 is 14.1 Å². The predicted molar refractivity (Wildman–Crippen MR) is 88.5 cm³/mol. The van der Waals surface area contributed by atoms with E-state index in [2.05, 4.69) is 19.2 Å². The number of nitrogens with one attached hydrogen (secondary N) is 1. The van der Waals surface area contributed by atoms with Crippen LogP contribution in [0.3, 0.4) is 0 Å². The first kappa shape index (κ1) is 16.2. The maximum atomic E-state index is 12.4. The molecular formula is C18H20N2O4. The number of rotatable bonds is 4. The molecule has 1 aliphatic carbocycles. The van der Waals surface area contributed by atoms with E-state index in [1.807, 2.05) is 6.07 Å². The van der Waals surface area contributed by atoms with Gasteiger partial charge in [0.05, 0.1) is 23.6 Å². The molecule has 1 atom stereocenters. The standard InChI is InChI=1S/C18H20N2O4/c1-18(2)10-15(14-7-8-24-16(14)11-18)19-17(21)9-12-3-5-13(6-4-12)20(22)23/h3-8,15H,9-11H2,1-2H3,(H,19,21). The summed E-state index contributed by atoms with van der Waals surface area (Å²) < 4.78 is 5.54. The van der Waals surface area contributed by atoms with Crippen LogP contribution in [-0.2, 0) is 17.6 Å². The van der Waals surface area contributed by atoms with E-state index in [0.29, 0.717) is 0 Å². The summed E-state index contributed by atoms with van der Waals surface area (Å²) in [4.78, 5) is 22.6. The lowest BCUT2D eigenvalue weighted by atomic mass is 9.75. The highest BCUT2D eigenvalue weighted by Gasteiger charge is 2.34. The molecule has 1 aliphatic rings. The lowest BCUT2D eigenvalue weighted by molar-refractivity contribution is -0.384. The fourth-order valence-electron chi connectivity index (χ4n) is 3.27. The fraction of sp³-hybridized carbons (Fsp3) is 0.389. The van der Waals surface area contributed by atoms with Crippen molar-refractivity contribution in [2.45, 2.75) is 39.2 Å². The summed E-state index contributed by atoms with van der Waals surface area (Å²) in [7, 11) is 0. The second kappa shape index (κ2) is 6.11.